The second-order valence-electron chi connectivity index (χ2n) is 3.95. The molecule has 0 aliphatic carbocycles. The summed E-state index contributed by atoms with van der Waals surface area (Å²) in [4.78, 5) is 22.5. The smallest absolute Gasteiger partial charge is 0.337 e. The number of Topliss-reactive ketones (excluding diaryl/α,β-unsaturated/α-hetero) is 1. The number of carbonyl (C=O) groups is 2. The molecule has 0 N–H and O–H groups in total. The average molecular weight is 220 g/mol. The molecule has 0 heterocycles. The summed E-state index contributed by atoms with van der Waals surface area (Å²) in [5.74, 6) is -0.280. The van der Waals surface area contributed by atoms with Crippen molar-refractivity contribution in [3.63, 3.8) is 0 Å². The van der Waals surface area contributed by atoms with Gasteiger partial charge in [0.25, 0.3) is 0 Å². The molecule has 0 radical (unpaired) electrons. The maximum atomic E-state index is 11.4. The summed E-state index contributed by atoms with van der Waals surface area (Å²) in [6.07, 6.45) is 0.359. The van der Waals surface area contributed by atoms with Crippen LogP contribution in [0.4, 0.5) is 0 Å². The summed E-state index contributed by atoms with van der Waals surface area (Å²) in [7, 11) is 1.35. The second-order valence-corrected chi connectivity index (χ2v) is 3.95. The molecule has 0 spiro atoms. The Bertz CT molecular complexity index is 433. The molecule has 1 aromatic carbocycles. The summed E-state index contributed by atoms with van der Waals surface area (Å²) >= 11 is 0. The van der Waals surface area contributed by atoms with Crippen molar-refractivity contribution in [2.24, 2.45) is 0 Å². The van der Waals surface area contributed by atoms with E-state index in [1.54, 1.807) is 19.1 Å². The zero-order chi connectivity index (χ0) is 12.3. The average Bonchev–Trinajstić information content (AvgIpc) is 2.22. The lowest BCUT2D eigenvalue weighted by Gasteiger charge is -2.10. The van der Waals surface area contributed by atoms with Crippen molar-refractivity contribution in [2.45, 2.75) is 27.2 Å². The highest BCUT2D eigenvalue weighted by Gasteiger charge is 2.11. The second kappa shape index (κ2) is 4.92. The lowest BCUT2D eigenvalue weighted by atomic mass is 9.96. The minimum Gasteiger partial charge on any atom is -0.465 e. The fraction of sp³-hybridized carbons (Fsp3) is 0.385. The molecule has 0 fully saturated rings. The molecule has 1 aromatic rings. The third-order valence-electron chi connectivity index (χ3n) is 2.64. The van der Waals surface area contributed by atoms with Crippen LogP contribution < -0.4 is 0 Å². The SMILES string of the molecule is COC(=O)c1cc(C)c(C)c(CC(C)=O)c1. The first-order valence-corrected chi connectivity index (χ1v) is 5.13. The van der Waals surface area contributed by atoms with Gasteiger partial charge in [-0.25, -0.2) is 4.79 Å². The minimum absolute atomic E-state index is 0.0875. The van der Waals surface area contributed by atoms with E-state index in [9.17, 15) is 9.59 Å². The molecule has 0 aromatic heterocycles. The van der Waals surface area contributed by atoms with Crippen molar-refractivity contribution in [1.82, 2.24) is 0 Å². The van der Waals surface area contributed by atoms with Gasteiger partial charge in [0.2, 0.25) is 0 Å². The van der Waals surface area contributed by atoms with Gasteiger partial charge in [-0.05, 0) is 49.6 Å². The molecule has 0 unspecified atom stereocenters. The van der Waals surface area contributed by atoms with Crippen LogP contribution in [0.1, 0.15) is 34.0 Å². The van der Waals surface area contributed by atoms with E-state index in [0.29, 0.717) is 12.0 Å². The maximum absolute atomic E-state index is 11.4. The van der Waals surface area contributed by atoms with Crippen LogP contribution in [0.25, 0.3) is 0 Å². The summed E-state index contributed by atoms with van der Waals surface area (Å²) in [5, 5.41) is 0. The Hall–Kier alpha value is -1.64. The number of hydrogen-bond donors (Lipinski definition) is 0. The fourth-order valence-corrected chi connectivity index (χ4v) is 1.62. The van der Waals surface area contributed by atoms with Gasteiger partial charge in [0.05, 0.1) is 12.7 Å². The summed E-state index contributed by atoms with van der Waals surface area (Å²) in [5.41, 5.74) is 3.46. The quantitative estimate of drug-likeness (QED) is 0.733. The maximum Gasteiger partial charge on any atom is 0.337 e. The number of ketones is 1. The van der Waals surface area contributed by atoms with Gasteiger partial charge < -0.3 is 4.74 Å². The Labute approximate surface area is 95.4 Å². The predicted molar refractivity (Wildman–Crippen MR) is 61.6 cm³/mol. The Morgan fingerprint density at radius 3 is 2.38 bits per heavy atom. The zero-order valence-electron chi connectivity index (χ0n) is 10.1. The molecule has 0 amide bonds. The molecule has 86 valence electrons. The van der Waals surface area contributed by atoms with E-state index in [1.807, 2.05) is 13.8 Å². The van der Waals surface area contributed by atoms with Crippen molar-refractivity contribution >= 4 is 11.8 Å². The topological polar surface area (TPSA) is 43.4 Å². The molecule has 1 rings (SSSR count). The van der Waals surface area contributed by atoms with Gasteiger partial charge in [0.1, 0.15) is 5.78 Å². The van der Waals surface area contributed by atoms with E-state index in [4.69, 9.17) is 0 Å². The van der Waals surface area contributed by atoms with E-state index in [2.05, 4.69) is 4.74 Å². The predicted octanol–water partition coefficient (Wildman–Crippen LogP) is 2.22. The standard InChI is InChI=1S/C13H16O3/c1-8-5-12(13(15)16-4)7-11(10(8)3)6-9(2)14/h5,7H,6H2,1-4H3. The Morgan fingerprint density at radius 1 is 1.25 bits per heavy atom. The van der Waals surface area contributed by atoms with Crippen LogP contribution in [-0.2, 0) is 16.0 Å². The fourth-order valence-electron chi connectivity index (χ4n) is 1.62. The third-order valence-corrected chi connectivity index (χ3v) is 2.64. The summed E-state index contributed by atoms with van der Waals surface area (Å²) < 4.78 is 4.67. The third kappa shape index (κ3) is 2.69. The van der Waals surface area contributed by atoms with Crippen molar-refractivity contribution in [1.29, 1.82) is 0 Å². The number of rotatable bonds is 3. The molecule has 0 saturated carbocycles. The van der Waals surface area contributed by atoms with E-state index < -0.39 is 0 Å². The van der Waals surface area contributed by atoms with E-state index in [-0.39, 0.29) is 11.8 Å². The van der Waals surface area contributed by atoms with Crippen LogP contribution in [0, 0.1) is 13.8 Å². The van der Waals surface area contributed by atoms with E-state index in [0.717, 1.165) is 16.7 Å². The molecule has 0 bridgehead atoms. The Morgan fingerprint density at radius 2 is 1.88 bits per heavy atom. The number of hydrogen-bond acceptors (Lipinski definition) is 3. The first-order valence-electron chi connectivity index (χ1n) is 5.13. The van der Waals surface area contributed by atoms with Gasteiger partial charge in [-0.1, -0.05) is 0 Å². The van der Waals surface area contributed by atoms with Gasteiger partial charge in [-0.2, -0.15) is 0 Å². The molecular weight excluding hydrogens is 204 g/mol. The van der Waals surface area contributed by atoms with Gasteiger partial charge >= 0.3 is 5.97 Å². The molecular formula is C13H16O3. The van der Waals surface area contributed by atoms with E-state index in [1.165, 1.54) is 7.11 Å². The van der Waals surface area contributed by atoms with Crippen molar-refractivity contribution in [3.05, 3.63) is 34.4 Å². The largest absolute Gasteiger partial charge is 0.465 e. The molecule has 0 aliphatic heterocycles. The molecule has 16 heavy (non-hydrogen) atoms. The Kier molecular flexibility index (Phi) is 3.82. The highest BCUT2D eigenvalue weighted by molar-refractivity contribution is 5.90. The van der Waals surface area contributed by atoms with Gasteiger partial charge in [0, 0.05) is 6.42 Å². The molecule has 3 heteroatoms. The normalized spacial score (nSPS) is 10.0. The molecule has 0 aliphatic rings. The Balaban J connectivity index is 3.21. The molecule has 0 atom stereocenters. The van der Waals surface area contributed by atoms with Gasteiger partial charge in [-0.3, -0.25) is 4.79 Å². The van der Waals surface area contributed by atoms with Gasteiger partial charge in [-0.15, -0.1) is 0 Å². The number of carbonyl (C=O) groups excluding carboxylic acids is 2. The summed E-state index contributed by atoms with van der Waals surface area (Å²) in [6, 6.07) is 3.51. The number of esters is 1. The highest BCUT2D eigenvalue weighted by Crippen LogP contribution is 2.18. The molecule has 0 saturated heterocycles. The van der Waals surface area contributed by atoms with Crippen LogP contribution in [0.3, 0.4) is 0 Å². The van der Waals surface area contributed by atoms with Gasteiger partial charge in [0.15, 0.2) is 0 Å². The number of aryl methyl sites for hydroxylation is 1. The van der Waals surface area contributed by atoms with Crippen LogP contribution >= 0.6 is 0 Å². The van der Waals surface area contributed by atoms with Crippen molar-refractivity contribution in [3.8, 4) is 0 Å². The summed E-state index contributed by atoms with van der Waals surface area (Å²) in [6.45, 7) is 5.42. The van der Waals surface area contributed by atoms with Crippen molar-refractivity contribution < 1.29 is 14.3 Å². The lowest BCUT2D eigenvalue weighted by Crippen LogP contribution is -2.06. The molecule has 3 nitrogen and oxygen atoms in total. The number of ether oxygens (including phenoxy) is 1. The van der Waals surface area contributed by atoms with Crippen LogP contribution in [0.5, 0.6) is 0 Å². The number of methoxy groups -OCH3 is 1. The number of benzene rings is 1. The first-order chi connectivity index (χ1) is 7.45. The zero-order valence-corrected chi connectivity index (χ0v) is 10.1. The highest BCUT2D eigenvalue weighted by atomic mass is 16.5. The van der Waals surface area contributed by atoms with Crippen LogP contribution in [0.2, 0.25) is 0 Å². The van der Waals surface area contributed by atoms with E-state index >= 15 is 0 Å². The van der Waals surface area contributed by atoms with Crippen LogP contribution in [-0.4, -0.2) is 18.9 Å². The monoisotopic (exact) mass is 220 g/mol. The first kappa shape index (κ1) is 12.4. The lowest BCUT2D eigenvalue weighted by molar-refractivity contribution is -0.116. The minimum atomic E-state index is -0.368. The van der Waals surface area contributed by atoms with Crippen LogP contribution in [0.15, 0.2) is 12.1 Å². The van der Waals surface area contributed by atoms with Crippen molar-refractivity contribution in [2.75, 3.05) is 7.11 Å².